The molecule has 0 spiro atoms. The quantitative estimate of drug-likeness (QED) is 0.484. The summed E-state index contributed by atoms with van der Waals surface area (Å²) in [5.74, 6) is -6.39. The molecule has 0 aliphatic carbocycles. The van der Waals surface area contributed by atoms with Gasteiger partial charge in [0.25, 0.3) is 0 Å². The average Bonchev–Trinajstić information content (AvgIpc) is 3.05. The van der Waals surface area contributed by atoms with Gasteiger partial charge < -0.3 is 20.2 Å². The van der Waals surface area contributed by atoms with Crippen LogP contribution < -0.4 is 0 Å². The first kappa shape index (κ1) is 31.8. The number of alkyl halides is 6. The summed E-state index contributed by atoms with van der Waals surface area (Å²) in [6.07, 6.45) is -5.18. The van der Waals surface area contributed by atoms with Crippen LogP contribution in [0, 0.1) is 0 Å². The molecule has 16 heteroatoms. The highest BCUT2D eigenvalue weighted by Gasteiger charge is 2.38. The molecule has 208 valence electrons. The number of halogens is 6. The highest BCUT2D eigenvalue weighted by atomic mass is 19.4. The van der Waals surface area contributed by atoms with E-state index in [2.05, 4.69) is 9.97 Å². The number of carbonyl (C=O) groups excluding carboxylic acids is 1. The number of rotatable bonds is 3. The van der Waals surface area contributed by atoms with Crippen molar-refractivity contribution in [2.75, 3.05) is 13.1 Å². The monoisotopic (exact) mass is 553 g/mol. The van der Waals surface area contributed by atoms with E-state index in [-0.39, 0.29) is 11.5 Å². The summed E-state index contributed by atoms with van der Waals surface area (Å²) in [5, 5.41) is 23.8. The second-order valence-electron chi connectivity index (χ2n) is 7.37. The van der Waals surface area contributed by atoms with Crippen LogP contribution >= 0.6 is 0 Å². The minimum absolute atomic E-state index is 0.121. The van der Waals surface area contributed by atoms with Gasteiger partial charge in [-0.1, -0.05) is 6.92 Å². The number of amides is 1. The van der Waals surface area contributed by atoms with Gasteiger partial charge in [-0.2, -0.15) is 26.3 Å². The fourth-order valence-corrected chi connectivity index (χ4v) is 3.00. The molecule has 2 aromatic heterocycles. The Morgan fingerprint density at radius 2 is 1.37 bits per heavy atom. The first-order valence-electron chi connectivity index (χ1n) is 10.5. The maximum absolute atomic E-state index is 11.9. The number of nitrogens with zero attached hydrogens (tertiary/aromatic N) is 3. The Morgan fingerprint density at radius 1 is 0.895 bits per heavy atom. The fraction of sp³-hybridized carbons (Fsp3) is 0.364. The van der Waals surface area contributed by atoms with Crippen LogP contribution in [-0.4, -0.2) is 79.4 Å². The number of pyridine rings is 2. The maximum Gasteiger partial charge on any atom is 0.490 e. The van der Waals surface area contributed by atoms with Crippen LogP contribution in [0.15, 0.2) is 30.6 Å². The predicted octanol–water partition coefficient (Wildman–Crippen LogP) is 3.45. The minimum Gasteiger partial charge on any atom is -0.478 e. The number of aliphatic carboxylic acids is 2. The number of aromatic nitrogens is 2. The smallest absolute Gasteiger partial charge is 0.478 e. The van der Waals surface area contributed by atoms with Crippen molar-refractivity contribution < 1.29 is 60.8 Å². The predicted molar refractivity (Wildman–Crippen MR) is 116 cm³/mol. The number of carbonyl (C=O) groups is 4. The molecule has 0 atom stereocenters. The SMILES string of the molecule is CCC(=O)N1CCc2cc(C(=O)O)c(-c3ccncc3)nc2CC1.O=C(O)C(F)(F)F.O=C(O)C(F)(F)F. The van der Waals surface area contributed by atoms with Crippen molar-refractivity contribution in [2.24, 2.45) is 0 Å². The van der Waals surface area contributed by atoms with Gasteiger partial charge in [-0.05, 0) is 30.2 Å². The lowest BCUT2D eigenvalue weighted by Gasteiger charge is -2.18. The minimum atomic E-state index is -5.08. The third-order valence-corrected chi connectivity index (χ3v) is 4.79. The van der Waals surface area contributed by atoms with Gasteiger partial charge in [-0.25, -0.2) is 14.4 Å². The Morgan fingerprint density at radius 3 is 1.79 bits per heavy atom. The maximum atomic E-state index is 11.9. The van der Waals surface area contributed by atoms with Gasteiger partial charge in [0.2, 0.25) is 5.91 Å². The Labute approximate surface area is 210 Å². The first-order chi connectivity index (χ1) is 17.5. The molecule has 0 radical (unpaired) electrons. The van der Waals surface area contributed by atoms with Crippen LogP contribution in [0.3, 0.4) is 0 Å². The summed E-state index contributed by atoms with van der Waals surface area (Å²) < 4.78 is 63.5. The standard InChI is InChI=1S/C18H19N3O3.2C2HF3O2/c1-2-16(22)21-9-5-13-11-14(18(23)24)17(20-15(13)6-10-21)12-3-7-19-8-4-12;2*3-2(4,5)1(6)7/h3-4,7-8,11H,2,5-6,9-10H2,1H3,(H,23,24);2*(H,6,7). The van der Waals surface area contributed by atoms with Gasteiger partial charge in [0.1, 0.15) is 0 Å². The molecule has 10 nitrogen and oxygen atoms in total. The van der Waals surface area contributed by atoms with Crippen LogP contribution in [0.1, 0.15) is 35.0 Å². The van der Waals surface area contributed by atoms with Gasteiger partial charge in [0.15, 0.2) is 0 Å². The fourth-order valence-electron chi connectivity index (χ4n) is 3.00. The molecule has 0 aromatic carbocycles. The number of hydrogen-bond donors (Lipinski definition) is 3. The van der Waals surface area contributed by atoms with E-state index in [4.69, 9.17) is 19.8 Å². The molecule has 3 rings (SSSR count). The lowest BCUT2D eigenvalue weighted by molar-refractivity contribution is -0.193. The molecule has 1 aliphatic heterocycles. The number of fused-ring (bicyclic) bond motifs is 1. The molecule has 2 aromatic rings. The molecule has 3 N–H and O–H groups in total. The lowest BCUT2D eigenvalue weighted by Crippen LogP contribution is -2.32. The van der Waals surface area contributed by atoms with Gasteiger partial charge >= 0.3 is 30.3 Å². The van der Waals surface area contributed by atoms with E-state index in [9.17, 15) is 41.0 Å². The van der Waals surface area contributed by atoms with E-state index in [1.165, 1.54) is 0 Å². The van der Waals surface area contributed by atoms with E-state index < -0.39 is 30.3 Å². The van der Waals surface area contributed by atoms with E-state index in [0.29, 0.717) is 38.0 Å². The second kappa shape index (κ2) is 13.3. The molecule has 1 amide bonds. The number of carboxylic acid groups (broad SMARTS) is 3. The van der Waals surface area contributed by atoms with Crippen molar-refractivity contribution >= 4 is 23.8 Å². The molecule has 38 heavy (non-hydrogen) atoms. The topological polar surface area (TPSA) is 158 Å². The first-order valence-corrected chi connectivity index (χ1v) is 10.5. The van der Waals surface area contributed by atoms with Gasteiger partial charge in [0.05, 0.1) is 11.3 Å². The summed E-state index contributed by atoms with van der Waals surface area (Å²) in [4.78, 5) is 51.8. The van der Waals surface area contributed by atoms with Gasteiger partial charge in [-0.3, -0.25) is 14.8 Å². The van der Waals surface area contributed by atoms with E-state index >= 15 is 0 Å². The Hall–Kier alpha value is -4.24. The van der Waals surface area contributed by atoms with Crippen molar-refractivity contribution in [3.05, 3.63) is 47.4 Å². The zero-order chi connectivity index (χ0) is 29.3. The third-order valence-electron chi connectivity index (χ3n) is 4.79. The van der Waals surface area contributed by atoms with E-state index in [0.717, 1.165) is 16.8 Å². The summed E-state index contributed by atoms with van der Waals surface area (Å²) in [7, 11) is 0. The molecule has 0 unspecified atom stereocenters. The van der Waals surface area contributed by atoms with Crippen LogP contribution in [0.2, 0.25) is 0 Å². The van der Waals surface area contributed by atoms with E-state index in [1.807, 2.05) is 11.8 Å². The van der Waals surface area contributed by atoms with E-state index in [1.54, 1.807) is 30.6 Å². The Kier molecular flexibility index (Phi) is 11.2. The zero-order valence-corrected chi connectivity index (χ0v) is 19.5. The molecule has 0 saturated carbocycles. The molecule has 1 aliphatic rings. The van der Waals surface area contributed by atoms with Crippen LogP contribution in [0.5, 0.6) is 0 Å². The molecule has 0 saturated heterocycles. The third kappa shape index (κ3) is 9.67. The van der Waals surface area contributed by atoms with Crippen molar-refractivity contribution in [3.8, 4) is 11.3 Å². The zero-order valence-electron chi connectivity index (χ0n) is 19.5. The largest absolute Gasteiger partial charge is 0.490 e. The van der Waals surface area contributed by atoms with Gasteiger partial charge in [-0.15, -0.1) is 0 Å². The van der Waals surface area contributed by atoms with Crippen molar-refractivity contribution in [2.45, 2.75) is 38.5 Å². The normalized spacial score (nSPS) is 13.0. The lowest BCUT2D eigenvalue weighted by atomic mass is 10.0. The number of carboxylic acids is 3. The van der Waals surface area contributed by atoms with Crippen LogP contribution in [0.4, 0.5) is 26.3 Å². The molecular formula is C22H21F6N3O7. The Bertz CT molecular complexity index is 1130. The molecule has 3 heterocycles. The summed E-state index contributed by atoms with van der Waals surface area (Å²) in [6, 6.07) is 5.22. The number of aromatic carboxylic acids is 1. The van der Waals surface area contributed by atoms with Crippen molar-refractivity contribution in [1.82, 2.24) is 14.9 Å². The Balaban J connectivity index is 0.000000426. The molecule has 0 fully saturated rings. The van der Waals surface area contributed by atoms with Crippen molar-refractivity contribution in [1.29, 1.82) is 0 Å². The summed E-state index contributed by atoms with van der Waals surface area (Å²) in [5.41, 5.74) is 3.17. The highest BCUT2D eigenvalue weighted by Crippen LogP contribution is 2.26. The molecule has 0 bridgehead atoms. The van der Waals surface area contributed by atoms with Crippen LogP contribution in [0.25, 0.3) is 11.3 Å². The van der Waals surface area contributed by atoms with Gasteiger partial charge in [0, 0.05) is 49.6 Å². The molecular weight excluding hydrogens is 532 g/mol. The van der Waals surface area contributed by atoms with Crippen molar-refractivity contribution in [3.63, 3.8) is 0 Å². The summed E-state index contributed by atoms with van der Waals surface area (Å²) in [6.45, 7) is 3.08. The van der Waals surface area contributed by atoms with Crippen LogP contribution in [-0.2, 0) is 27.2 Å². The number of hydrogen-bond acceptors (Lipinski definition) is 6. The average molecular weight is 553 g/mol. The second-order valence-corrected chi connectivity index (χ2v) is 7.37. The highest BCUT2D eigenvalue weighted by molar-refractivity contribution is 5.95. The summed E-state index contributed by atoms with van der Waals surface area (Å²) >= 11 is 0.